The molecule has 0 spiro atoms. The molecule has 19 heavy (non-hydrogen) atoms. The first-order valence-corrected chi connectivity index (χ1v) is 6.12. The summed E-state index contributed by atoms with van der Waals surface area (Å²) >= 11 is 0. The molecule has 8 nitrogen and oxygen atoms in total. The van der Waals surface area contributed by atoms with E-state index in [9.17, 15) is 0 Å². The van der Waals surface area contributed by atoms with Crippen LogP contribution >= 0.6 is 0 Å². The molecule has 0 radical (unpaired) electrons. The van der Waals surface area contributed by atoms with E-state index in [0.717, 1.165) is 19.6 Å². The highest BCUT2D eigenvalue weighted by Crippen LogP contribution is 2.18. The van der Waals surface area contributed by atoms with E-state index < -0.39 is 0 Å². The van der Waals surface area contributed by atoms with Gasteiger partial charge in [0.25, 0.3) is 0 Å². The Hall–Kier alpha value is -1.67. The number of morpholine rings is 1. The minimum atomic E-state index is 0.118. The van der Waals surface area contributed by atoms with Gasteiger partial charge in [-0.2, -0.15) is 9.97 Å². The molecule has 2 heterocycles. The highest BCUT2D eigenvalue weighted by atomic mass is 16.5. The summed E-state index contributed by atoms with van der Waals surface area (Å²) in [7, 11) is 4.93. The van der Waals surface area contributed by atoms with Crippen LogP contribution in [-0.2, 0) is 4.74 Å². The lowest BCUT2D eigenvalue weighted by Crippen LogP contribution is -2.46. The zero-order chi connectivity index (χ0) is 13.7. The van der Waals surface area contributed by atoms with E-state index >= 15 is 0 Å². The number of nitrogens with one attached hydrogen (secondary N) is 1. The number of ether oxygens (including phenoxy) is 3. The molecule has 1 aliphatic heterocycles. The van der Waals surface area contributed by atoms with E-state index in [2.05, 4.69) is 20.3 Å². The Morgan fingerprint density at radius 2 is 1.95 bits per heavy atom. The van der Waals surface area contributed by atoms with Crippen molar-refractivity contribution in [2.45, 2.75) is 6.10 Å². The summed E-state index contributed by atoms with van der Waals surface area (Å²) in [5.41, 5.74) is 0. The third-order valence-corrected chi connectivity index (χ3v) is 2.80. The summed E-state index contributed by atoms with van der Waals surface area (Å²) in [6.07, 6.45) is 0.118. The molecule has 1 fully saturated rings. The quantitative estimate of drug-likeness (QED) is 0.752. The number of likely N-dealkylation sites (N-methyl/N-ethyl adjacent to an activating group) is 1. The summed E-state index contributed by atoms with van der Waals surface area (Å²) in [5.74, 6) is 0.549. The van der Waals surface area contributed by atoms with Crippen LogP contribution in [0, 0.1) is 0 Å². The first kappa shape index (κ1) is 13.8. The molecular weight excluding hydrogens is 250 g/mol. The standard InChI is InChI=1S/C11H19N5O3/c1-12-6-8-7-16(4-5-19-8)9-13-10(17-2)15-11(14-9)18-3/h8,12H,4-7H2,1-3H3. The number of methoxy groups -OCH3 is 2. The maximum absolute atomic E-state index is 5.65. The molecule has 1 aromatic rings. The van der Waals surface area contributed by atoms with Crippen molar-refractivity contribution in [1.82, 2.24) is 20.3 Å². The lowest BCUT2D eigenvalue weighted by Gasteiger charge is -2.32. The highest BCUT2D eigenvalue weighted by Gasteiger charge is 2.23. The molecule has 0 saturated carbocycles. The predicted molar refractivity (Wildman–Crippen MR) is 68.8 cm³/mol. The van der Waals surface area contributed by atoms with Crippen LogP contribution in [0.3, 0.4) is 0 Å². The number of aromatic nitrogens is 3. The van der Waals surface area contributed by atoms with Crippen molar-refractivity contribution in [3.8, 4) is 12.0 Å². The number of hydrogen-bond acceptors (Lipinski definition) is 8. The highest BCUT2D eigenvalue weighted by molar-refractivity contribution is 5.33. The van der Waals surface area contributed by atoms with Crippen molar-refractivity contribution in [1.29, 1.82) is 0 Å². The van der Waals surface area contributed by atoms with Gasteiger partial charge in [-0.05, 0) is 7.05 Å². The van der Waals surface area contributed by atoms with E-state index in [-0.39, 0.29) is 18.1 Å². The van der Waals surface area contributed by atoms with Crippen molar-refractivity contribution in [2.75, 3.05) is 52.4 Å². The van der Waals surface area contributed by atoms with Gasteiger partial charge in [-0.1, -0.05) is 0 Å². The summed E-state index contributed by atoms with van der Waals surface area (Å²) in [4.78, 5) is 14.5. The van der Waals surface area contributed by atoms with Gasteiger partial charge in [-0.3, -0.25) is 0 Å². The summed E-state index contributed by atoms with van der Waals surface area (Å²) in [6.45, 7) is 2.88. The molecule has 106 valence electrons. The van der Waals surface area contributed by atoms with Crippen molar-refractivity contribution in [3.05, 3.63) is 0 Å². The average molecular weight is 269 g/mol. The molecule has 1 N–H and O–H groups in total. The van der Waals surface area contributed by atoms with Crippen LogP contribution in [0.2, 0.25) is 0 Å². The summed E-state index contributed by atoms with van der Waals surface area (Å²) in [6, 6.07) is 0.497. The molecule has 1 saturated heterocycles. The van der Waals surface area contributed by atoms with Gasteiger partial charge in [0.2, 0.25) is 5.95 Å². The Morgan fingerprint density at radius 1 is 1.26 bits per heavy atom. The fourth-order valence-electron chi connectivity index (χ4n) is 1.90. The molecule has 2 rings (SSSR count). The fourth-order valence-corrected chi connectivity index (χ4v) is 1.90. The minimum absolute atomic E-state index is 0.118. The average Bonchev–Trinajstić information content (AvgIpc) is 2.47. The van der Waals surface area contributed by atoms with Crippen molar-refractivity contribution < 1.29 is 14.2 Å². The number of nitrogens with zero attached hydrogens (tertiary/aromatic N) is 4. The molecule has 1 aromatic heterocycles. The second kappa shape index (κ2) is 6.48. The molecule has 0 aromatic carbocycles. The first-order valence-electron chi connectivity index (χ1n) is 6.12. The Bertz CT molecular complexity index is 393. The number of hydrogen-bond donors (Lipinski definition) is 1. The predicted octanol–water partition coefficient (Wildman–Crippen LogP) is -0.687. The molecule has 1 unspecified atom stereocenters. The van der Waals surface area contributed by atoms with Crippen molar-refractivity contribution in [2.24, 2.45) is 0 Å². The van der Waals surface area contributed by atoms with E-state index in [1.54, 1.807) is 0 Å². The molecule has 1 atom stereocenters. The third kappa shape index (κ3) is 3.42. The first-order chi connectivity index (χ1) is 9.26. The Labute approximate surface area is 112 Å². The largest absolute Gasteiger partial charge is 0.467 e. The molecule has 0 amide bonds. The van der Waals surface area contributed by atoms with Gasteiger partial charge >= 0.3 is 12.0 Å². The number of anilines is 1. The Balaban J connectivity index is 2.15. The maximum Gasteiger partial charge on any atom is 0.324 e. The maximum atomic E-state index is 5.65. The molecule has 0 bridgehead atoms. The van der Waals surface area contributed by atoms with Crippen LogP contribution in [0.4, 0.5) is 5.95 Å². The van der Waals surface area contributed by atoms with E-state index in [1.165, 1.54) is 14.2 Å². The van der Waals surface area contributed by atoms with Crippen LogP contribution in [0.5, 0.6) is 12.0 Å². The SMILES string of the molecule is CNCC1CN(c2nc(OC)nc(OC)n2)CCO1. The normalized spacial score (nSPS) is 19.3. The Morgan fingerprint density at radius 3 is 2.53 bits per heavy atom. The monoisotopic (exact) mass is 269 g/mol. The fraction of sp³-hybridized carbons (Fsp3) is 0.727. The Kier molecular flexibility index (Phi) is 4.69. The van der Waals surface area contributed by atoms with E-state index in [4.69, 9.17) is 14.2 Å². The topological polar surface area (TPSA) is 81.6 Å². The zero-order valence-electron chi connectivity index (χ0n) is 11.4. The van der Waals surface area contributed by atoms with Crippen LogP contribution in [0.1, 0.15) is 0 Å². The van der Waals surface area contributed by atoms with Gasteiger partial charge in [-0.15, -0.1) is 4.98 Å². The number of rotatable bonds is 5. The van der Waals surface area contributed by atoms with Crippen molar-refractivity contribution in [3.63, 3.8) is 0 Å². The van der Waals surface area contributed by atoms with Crippen LogP contribution in [0.15, 0.2) is 0 Å². The van der Waals surface area contributed by atoms with E-state index in [1.807, 2.05) is 11.9 Å². The van der Waals surface area contributed by atoms with Crippen LogP contribution in [-0.4, -0.2) is 68.6 Å². The molecule has 0 aliphatic carbocycles. The summed E-state index contributed by atoms with van der Waals surface area (Å²) < 4.78 is 15.7. The lowest BCUT2D eigenvalue weighted by molar-refractivity contribution is 0.0415. The van der Waals surface area contributed by atoms with Crippen LogP contribution in [0.25, 0.3) is 0 Å². The van der Waals surface area contributed by atoms with E-state index in [0.29, 0.717) is 12.6 Å². The second-order valence-corrected chi connectivity index (χ2v) is 4.11. The van der Waals surface area contributed by atoms with Gasteiger partial charge in [0.15, 0.2) is 0 Å². The molecular formula is C11H19N5O3. The smallest absolute Gasteiger partial charge is 0.324 e. The molecule has 8 heteroatoms. The van der Waals surface area contributed by atoms with Crippen LogP contribution < -0.4 is 19.7 Å². The van der Waals surface area contributed by atoms with Gasteiger partial charge < -0.3 is 24.4 Å². The zero-order valence-corrected chi connectivity index (χ0v) is 11.4. The lowest BCUT2D eigenvalue weighted by atomic mass is 10.3. The third-order valence-electron chi connectivity index (χ3n) is 2.80. The summed E-state index contributed by atoms with van der Waals surface area (Å²) in [5, 5.41) is 3.10. The van der Waals surface area contributed by atoms with Gasteiger partial charge in [0, 0.05) is 19.6 Å². The second-order valence-electron chi connectivity index (χ2n) is 4.11. The van der Waals surface area contributed by atoms with Gasteiger partial charge in [0.05, 0.1) is 26.9 Å². The van der Waals surface area contributed by atoms with Gasteiger partial charge in [-0.25, -0.2) is 0 Å². The van der Waals surface area contributed by atoms with Crippen molar-refractivity contribution >= 4 is 5.95 Å². The molecule has 1 aliphatic rings. The van der Waals surface area contributed by atoms with Gasteiger partial charge in [0.1, 0.15) is 0 Å². The minimum Gasteiger partial charge on any atom is -0.467 e.